The van der Waals surface area contributed by atoms with Crippen molar-refractivity contribution in [3.05, 3.63) is 0 Å². The van der Waals surface area contributed by atoms with Crippen molar-refractivity contribution in [2.45, 2.75) is 52.1 Å². The first-order chi connectivity index (χ1) is 9.26. The standard InChI is InChI=1S/C13H24N2O5/c1-4-20-13(2,3)9-14-12(19)15-10(16)7-5-6-8-11(17)18/h4-9H2,1-3H3,(H,17,18)(H2,14,15,16,19). The molecule has 0 aliphatic rings. The van der Waals surface area contributed by atoms with E-state index in [2.05, 4.69) is 10.6 Å². The average molecular weight is 288 g/mol. The van der Waals surface area contributed by atoms with Gasteiger partial charge in [-0.05, 0) is 33.6 Å². The number of nitrogens with one attached hydrogen (secondary N) is 2. The van der Waals surface area contributed by atoms with Gasteiger partial charge in [0.25, 0.3) is 0 Å². The summed E-state index contributed by atoms with van der Waals surface area (Å²) in [6.07, 6.45) is 1.02. The van der Waals surface area contributed by atoms with Gasteiger partial charge in [-0.1, -0.05) is 0 Å². The predicted molar refractivity (Wildman–Crippen MR) is 73.4 cm³/mol. The first-order valence-electron chi connectivity index (χ1n) is 6.70. The van der Waals surface area contributed by atoms with E-state index in [1.165, 1.54) is 0 Å². The van der Waals surface area contributed by atoms with E-state index >= 15 is 0 Å². The second kappa shape index (κ2) is 9.30. The van der Waals surface area contributed by atoms with Gasteiger partial charge in [0.15, 0.2) is 0 Å². The minimum Gasteiger partial charge on any atom is -0.481 e. The van der Waals surface area contributed by atoms with Gasteiger partial charge in [-0.15, -0.1) is 0 Å². The molecule has 0 bridgehead atoms. The van der Waals surface area contributed by atoms with Crippen molar-refractivity contribution in [2.24, 2.45) is 0 Å². The van der Waals surface area contributed by atoms with Crippen molar-refractivity contribution in [2.75, 3.05) is 13.2 Å². The van der Waals surface area contributed by atoms with Crippen LogP contribution in [0.2, 0.25) is 0 Å². The Kier molecular flexibility index (Phi) is 8.54. The first kappa shape index (κ1) is 18.4. The van der Waals surface area contributed by atoms with Crippen LogP contribution in [0.25, 0.3) is 0 Å². The number of carboxylic acids is 1. The molecule has 0 aliphatic carbocycles. The second-order valence-corrected chi connectivity index (χ2v) is 5.02. The quantitative estimate of drug-likeness (QED) is 0.554. The van der Waals surface area contributed by atoms with Gasteiger partial charge in [0, 0.05) is 26.0 Å². The zero-order chi connectivity index (χ0) is 15.6. The lowest BCUT2D eigenvalue weighted by Crippen LogP contribution is -2.46. The molecule has 0 atom stereocenters. The summed E-state index contributed by atoms with van der Waals surface area (Å²) in [5.41, 5.74) is -0.489. The van der Waals surface area contributed by atoms with Crippen LogP contribution in [0.15, 0.2) is 0 Å². The number of urea groups is 1. The fourth-order valence-corrected chi connectivity index (χ4v) is 1.53. The Morgan fingerprint density at radius 2 is 1.75 bits per heavy atom. The molecule has 0 unspecified atom stereocenters. The highest BCUT2D eigenvalue weighted by Crippen LogP contribution is 2.06. The van der Waals surface area contributed by atoms with Crippen LogP contribution in [-0.4, -0.2) is 41.8 Å². The Bertz CT molecular complexity index is 342. The van der Waals surface area contributed by atoms with Gasteiger partial charge < -0.3 is 15.2 Å². The van der Waals surface area contributed by atoms with Crippen molar-refractivity contribution in [3.8, 4) is 0 Å². The van der Waals surface area contributed by atoms with Gasteiger partial charge in [0.1, 0.15) is 0 Å². The van der Waals surface area contributed by atoms with E-state index < -0.39 is 23.5 Å². The fourth-order valence-electron chi connectivity index (χ4n) is 1.53. The summed E-state index contributed by atoms with van der Waals surface area (Å²) in [6, 6.07) is -0.569. The smallest absolute Gasteiger partial charge is 0.321 e. The van der Waals surface area contributed by atoms with Crippen molar-refractivity contribution < 1.29 is 24.2 Å². The minimum absolute atomic E-state index is 0.0298. The van der Waals surface area contributed by atoms with Gasteiger partial charge in [0.2, 0.25) is 5.91 Å². The maximum Gasteiger partial charge on any atom is 0.321 e. The number of hydrogen-bond donors (Lipinski definition) is 3. The molecular formula is C13H24N2O5. The average Bonchev–Trinajstić information content (AvgIpc) is 2.32. The molecule has 116 valence electrons. The number of imide groups is 1. The molecule has 0 spiro atoms. The highest BCUT2D eigenvalue weighted by molar-refractivity contribution is 5.94. The van der Waals surface area contributed by atoms with Crippen LogP contribution in [0.4, 0.5) is 4.79 Å². The molecule has 0 aromatic heterocycles. The summed E-state index contributed by atoms with van der Waals surface area (Å²) >= 11 is 0. The number of rotatable bonds is 9. The molecule has 0 rings (SSSR count). The second-order valence-electron chi connectivity index (χ2n) is 5.02. The Balaban J connectivity index is 3.80. The Morgan fingerprint density at radius 1 is 1.15 bits per heavy atom. The molecule has 0 aromatic carbocycles. The third-order valence-corrected chi connectivity index (χ3v) is 2.51. The van der Waals surface area contributed by atoms with E-state index in [1.54, 1.807) is 0 Å². The molecule has 0 radical (unpaired) electrons. The van der Waals surface area contributed by atoms with Gasteiger partial charge in [0.05, 0.1) is 5.60 Å². The summed E-state index contributed by atoms with van der Waals surface area (Å²) in [5.74, 6) is -1.30. The molecule has 0 saturated heterocycles. The predicted octanol–water partition coefficient (Wildman–Crippen LogP) is 1.27. The van der Waals surface area contributed by atoms with E-state index in [9.17, 15) is 14.4 Å². The lowest BCUT2D eigenvalue weighted by Gasteiger charge is -2.24. The van der Waals surface area contributed by atoms with Crippen LogP contribution < -0.4 is 10.6 Å². The van der Waals surface area contributed by atoms with E-state index in [4.69, 9.17) is 9.84 Å². The monoisotopic (exact) mass is 288 g/mol. The van der Waals surface area contributed by atoms with E-state index in [-0.39, 0.29) is 12.8 Å². The number of carbonyl (C=O) groups is 3. The fraction of sp³-hybridized carbons (Fsp3) is 0.769. The van der Waals surface area contributed by atoms with Gasteiger partial charge in [-0.2, -0.15) is 0 Å². The zero-order valence-electron chi connectivity index (χ0n) is 12.3. The normalized spacial score (nSPS) is 10.9. The van der Waals surface area contributed by atoms with Crippen LogP contribution in [0.1, 0.15) is 46.5 Å². The van der Waals surface area contributed by atoms with E-state index in [1.807, 2.05) is 20.8 Å². The number of ether oxygens (including phenoxy) is 1. The van der Waals surface area contributed by atoms with Gasteiger partial charge in [-0.3, -0.25) is 14.9 Å². The number of carboxylic acid groups (broad SMARTS) is 1. The molecule has 20 heavy (non-hydrogen) atoms. The zero-order valence-corrected chi connectivity index (χ0v) is 12.3. The van der Waals surface area contributed by atoms with Crippen LogP contribution in [-0.2, 0) is 14.3 Å². The molecule has 0 aromatic rings. The molecule has 0 aliphatic heterocycles. The van der Waals surface area contributed by atoms with Crippen molar-refractivity contribution in [1.82, 2.24) is 10.6 Å². The lowest BCUT2D eigenvalue weighted by atomic mass is 10.1. The van der Waals surface area contributed by atoms with Gasteiger partial charge >= 0.3 is 12.0 Å². The Labute approximate surface area is 119 Å². The number of hydrogen-bond acceptors (Lipinski definition) is 4. The van der Waals surface area contributed by atoms with E-state index in [0.717, 1.165) is 0 Å². The molecule has 7 heteroatoms. The van der Waals surface area contributed by atoms with E-state index in [0.29, 0.717) is 26.0 Å². The molecule has 0 fully saturated rings. The number of amides is 3. The lowest BCUT2D eigenvalue weighted by molar-refractivity contribution is -0.137. The van der Waals surface area contributed by atoms with Gasteiger partial charge in [-0.25, -0.2) is 4.79 Å². The Morgan fingerprint density at radius 3 is 2.30 bits per heavy atom. The molecule has 7 nitrogen and oxygen atoms in total. The van der Waals surface area contributed by atoms with Crippen molar-refractivity contribution >= 4 is 17.9 Å². The topological polar surface area (TPSA) is 105 Å². The van der Waals surface area contributed by atoms with Crippen LogP contribution in [0, 0.1) is 0 Å². The summed E-state index contributed by atoms with van der Waals surface area (Å²) in [6.45, 7) is 6.37. The van der Waals surface area contributed by atoms with Crippen LogP contribution >= 0.6 is 0 Å². The SMILES string of the molecule is CCOC(C)(C)CNC(=O)NC(=O)CCCCC(=O)O. The Hall–Kier alpha value is -1.63. The molecule has 0 saturated carbocycles. The highest BCUT2D eigenvalue weighted by Gasteiger charge is 2.19. The molecule has 3 N–H and O–H groups in total. The molecule has 0 heterocycles. The summed E-state index contributed by atoms with van der Waals surface area (Å²) in [4.78, 5) is 33.1. The summed E-state index contributed by atoms with van der Waals surface area (Å²) < 4.78 is 5.40. The third kappa shape index (κ3) is 10.3. The van der Waals surface area contributed by atoms with Crippen molar-refractivity contribution in [3.63, 3.8) is 0 Å². The maximum absolute atomic E-state index is 11.5. The maximum atomic E-state index is 11.5. The van der Waals surface area contributed by atoms with Crippen LogP contribution in [0.3, 0.4) is 0 Å². The third-order valence-electron chi connectivity index (χ3n) is 2.51. The number of aliphatic carboxylic acids is 1. The number of unbranched alkanes of at least 4 members (excludes halogenated alkanes) is 1. The molecular weight excluding hydrogens is 264 g/mol. The summed E-state index contributed by atoms with van der Waals surface area (Å²) in [5, 5.41) is 13.2. The highest BCUT2D eigenvalue weighted by atomic mass is 16.5. The van der Waals surface area contributed by atoms with Crippen molar-refractivity contribution in [1.29, 1.82) is 0 Å². The largest absolute Gasteiger partial charge is 0.481 e. The minimum atomic E-state index is -0.888. The molecule has 3 amide bonds. The number of carbonyl (C=O) groups excluding carboxylic acids is 2. The van der Waals surface area contributed by atoms with Crippen LogP contribution in [0.5, 0.6) is 0 Å². The summed E-state index contributed by atoms with van der Waals surface area (Å²) in [7, 11) is 0. The first-order valence-corrected chi connectivity index (χ1v) is 6.70.